The summed E-state index contributed by atoms with van der Waals surface area (Å²) in [5, 5.41) is 9.71. The number of nitrogens with zero attached hydrogens (tertiary/aromatic N) is 2. The van der Waals surface area contributed by atoms with E-state index in [2.05, 4.69) is 4.98 Å². The van der Waals surface area contributed by atoms with E-state index in [0.29, 0.717) is 12.1 Å². The average molecular weight is 297 g/mol. The maximum Gasteiger partial charge on any atom is 0.326 e. The maximum absolute atomic E-state index is 12.6. The van der Waals surface area contributed by atoms with Gasteiger partial charge >= 0.3 is 5.97 Å². The fourth-order valence-corrected chi connectivity index (χ4v) is 2.98. The molecule has 20 heavy (non-hydrogen) atoms. The highest BCUT2D eigenvalue weighted by atomic mass is 35.5. The van der Waals surface area contributed by atoms with Crippen molar-refractivity contribution >= 4 is 23.5 Å². The minimum atomic E-state index is -0.978. The lowest BCUT2D eigenvalue weighted by Crippen LogP contribution is -2.56. The number of aliphatic carboxylic acids is 1. The second kappa shape index (κ2) is 5.40. The Bertz CT molecular complexity index is 545. The van der Waals surface area contributed by atoms with E-state index in [1.807, 2.05) is 13.8 Å². The third-order valence-corrected chi connectivity index (χ3v) is 4.07. The van der Waals surface area contributed by atoms with Gasteiger partial charge in [-0.1, -0.05) is 25.4 Å². The molecular formula is C14H17ClN2O3. The molecule has 0 aliphatic carbocycles. The first-order valence-corrected chi connectivity index (χ1v) is 6.85. The molecule has 1 saturated heterocycles. The molecule has 1 aromatic heterocycles. The Morgan fingerprint density at radius 2 is 2.20 bits per heavy atom. The zero-order chi connectivity index (χ0) is 14.9. The molecule has 1 aromatic rings. The van der Waals surface area contributed by atoms with Crippen LogP contribution in [0, 0.1) is 5.41 Å². The molecule has 1 amide bonds. The number of carboxylic acid groups (broad SMARTS) is 1. The quantitative estimate of drug-likeness (QED) is 0.910. The molecule has 1 aliphatic heterocycles. The number of carbonyl (C=O) groups excluding carboxylic acids is 1. The first-order chi connectivity index (χ1) is 9.34. The molecule has 5 nitrogen and oxygen atoms in total. The van der Waals surface area contributed by atoms with E-state index in [1.54, 1.807) is 0 Å². The molecule has 1 unspecified atom stereocenters. The predicted molar refractivity (Wildman–Crippen MR) is 74.7 cm³/mol. The van der Waals surface area contributed by atoms with E-state index in [9.17, 15) is 14.7 Å². The van der Waals surface area contributed by atoms with Crippen LogP contribution in [0.3, 0.4) is 0 Å². The van der Waals surface area contributed by atoms with Crippen molar-refractivity contribution in [3.8, 4) is 0 Å². The van der Waals surface area contributed by atoms with Crippen molar-refractivity contribution in [2.24, 2.45) is 5.41 Å². The number of aromatic nitrogens is 1. The van der Waals surface area contributed by atoms with Gasteiger partial charge in [0, 0.05) is 18.9 Å². The van der Waals surface area contributed by atoms with Gasteiger partial charge in [0.15, 0.2) is 0 Å². The van der Waals surface area contributed by atoms with Crippen LogP contribution in [0.25, 0.3) is 0 Å². The van der Waals surface area contributed by atoms with Crippen LogP contribution >= 0.6 is 11.6 Å². The molecule has 2 heterocycles. The topological polar surface area (TPSA) is 70.5 Å². The van der Waals surface area contributed by atoms with Gasteiger partial charge in [0.1, 0.15) is 6.04 Å². The number of pyridine rings is 1. The number of carboxylic acids is 1. The van der Waals surface area contributed by atoms with E-state index < -0.39 is 17.4 Å². The number of piperidine rings is 1. The van der Waals surface area contributed by atoms with Gasteiger partial charge in [0.25, 0.3) is 5.91 Å². The van der Waals surface area contributed by atoms with Crippen LogP contribution in [0.4, 0.5) is 0 Å². The summed E-state index contributed by atoms with van der Waals surface area (Å²) < 4.78 is 0. The Kier molecular flexibility index (Phi) is 3.99. The number of rotatable bonds is 2. The van der Waals surface area contributed by atoms with Crippen molar-refractivity contribution in [1.82, 2.24) is 9.88 Å². The SMILES string of the molecule is CC1(C)CCCN(C(=O)c2ccncc2Cl)C1C(=O)O. The van der Waals surface area contributed by atoms with Gasteiger partial charge in [0.2, 0.25) is 0 Å². The van der Waals surface area contributed by atoms with Crippen LogP contribution in [0.5, 0.6) is 0 Å². The van der Waals surface area contributed by atoms with Crippen LogP contribution in [0.2, 0.25) is 5.02 Å². The number of carbonyl (C=O) groups is 2. The summed E-state index contributed by atoms with van der Waals surface area (Å²) in [5.41, 5.74) is -0.162. The van der Waals surface area contributed by atoms with Gasteiger partial charge in [-0.15, -0.1) is 0 Å². The van der Waals surface area contributed by atoms with E-state index in [-0.39, 0.29) is 10.9 Å². The summed E-state index contributed by atoms with van der Waals surface area (Å²) >= 11 is 5.98. The molecule has 0 aromatic carbocycles. The van der Waals surface area contributed by atoms with Gasteiger partial charge < -0.3 is 10.0 Å². The van der Waals surface area contributed by atoms with E-state index >= 15 is 0 Å². The highest BCUT2D eigenvalue weighted by Gasteiger charge is 2.44. The van der Waals surface area contributed by atoms with Crippen molar-refractivity contribution < 1.29 is 14.7 Å². The van der Waals surface area contributed by atoms with Crippen LogP contribution < -0.4 is 0 Å². The van der Waals surface area contributed by atoms with E-state index in [4.69, 9.17) is 11.6 Å². The first kappa shape index (κ1) is 14.8. The largest absolute Gasteiger partial charge is 0.480 e. The van der Waals surface area contributed by atoms with Crippen LogP contribution in [-0.2, 0) is 4.79 Å². The molecule has 0 saturated carbocycles. The third-order valence-electron chi connectivity index (χ3n) is 3.77. The summed E-state index contributed by atoms with van der Waals surface area (Å²) in [6.45, 7) is 4.18. The Morgan fingerprint density at radius 1 is 1.50 bits per heavy atom. The molecular weight excluding hydrogens is 280 g/mol. The monoisotopic (exact) mass is 296 g/mol. The summed E-state index contributed by atoms with van der Waals surface area (Å²) in [6.07, 6.45) is 4.42. The zero-order valence-corrected chi connectivity index (χ0v) is 12.2. The standard InChI is InChI=1S/C14H17ClN2O3/c1-14(2)5-3-7-17(11(14)13(19)20)12(18)9-4-6-16-8-10(9)15/h4,6,8,11H,3,5,7H2,1-2H3,(H,19,20). The molecule has 1 fully saturated rings. The number of halogens is 1. The molecule has 0 spiro atoms. The minimum absolute atomic E-state index is 0.241. The fraction of sp³-hybridized carbons (Fsp3) is 0.500. The van der Waals surface area contributed by atoms with Crippen molar-refractivity contribution in [2.75, 3.05) is 6.54 Å². The highest BCUT2D eigenvalue weighted by Crippen LogP contribution is 2.36. The fourth-order valence-electron chi connectivity index (χ4n) is 2.78. The molecule has 0 radical (unpaired) electrons. The first-order valence-electron chi connectivity index (χ1n) is 6.48. The third kappa shape index (κ3) is 2.63. The molecule has 6 heteroatoms. The lowest BCUT2D eigenvalue weighted by atomic mass is 9.76. The molecule has 2 rings (SSSR count). The Hall–Kier alpha value is -1.62. The maximum atomic E-state index is 12.6. The smallest absolute Gasteiger partial charge is 0.326 e. The van der Waals surface area contributed by atoms with Crippen molar-refractivity contribution in [3.05, 3.63) is 29.0 Å². The normalized spacial score (nSPS) is 21.6. The van der Waals surface area contributed by atoms with Gasteiger partial charge in [-0.3, -0.25) is 9.78 Å². The minimum Gasteiger partial charge on any atom is -0.480 e. The van der Waals surface area contributed by atoms with Crippen LogP contribution in [-0.4, -0.2) is 39.5 Å². The van der Waals surface area contributed by atoms with Gasteiger partial charge in [-0.2, -0.15) is 0 Å². The second-order valence-electron chi connectivity index (χ2n) is 5.69. The Labute approximate surface area is 122 Å². The van der Waals surface area contributed by atoms with Crippen molar-refractivity contribution in [1.29, 1.82) is 0 Å². The lowest BCUT2D eigenvalue weighted by Gasteiger charge is -2.44. The van der Waals surface area contributed by atoms with E-state index in [0.717, 1.165) is 12.8 Å². The number of hydrogen-bond acceptors (Lipinski definition) is 3. The number of likely N-dealkylation sites (tertiary alicyclic amines) is 1. The molecule has 1 N–H and O–H groups in total. The Morgan fingerprint density at radius 3 is 2.80 bits per heavy atom. The summed E-state index contributed by atoms with van der Waals surface area (Å²) in [7, 11) is 0. The number of hydrogen-bond donors (Lipinski definition) is 1. The second-order valence-corrected chi connectivity index (χ2v) is 6.09. The van der Waals surface area contributed by atoms with Gasteiger partial charge in [-0.25, -0.2) is 4.79 Å². The van der Waals surface area contributed by atoms with Crippen LogP contribution in [0.1, 0.15) is 37.0 Å². The summed E-state index contributed by atoms with van der Waals surface area (Å²) in [5.74, 6) is -1.33. The van der Waals surface area contributed by atoms with Gasteiger partial charge in [-0.05, 0) is 24.3 Å². The Balaban J connectivity index is 2.37. The summed E-state index contributed by atoms with van der Waals surface area (Å²) in [6, 6.07) is 0.679. The average Bonchev–Trinajstić information content (AvgIpc) is 2.36. The summed E-state index contributed by atoms with van der Waals surface area (Å²) in [4.78, 5) is 29.4. The predicted octanol–water partition coefficient (Wildman–Crippen LogP) is 2.45. The van der Waals surface area contributed by atoms with E-state index in [1.165, 1.54) is 23.4 Å². The van der Waals surface area contributed by atoms with Crippen molar-refractivity contribution in [2.45, 2.75) is 32.7 Å². The van der Waals surface area contributed by atoms with Gasteiger partial charge in [0.05, 0.1) is 10.6 Å². The molecule has 108 valence electrons. The van der Waals surface area contributed by atoms with Crippen molar-refractivity contribution in [3.63, 3.8) is 0 Å². The molecule has 1 atom stereocenters. The number of amides is 1. The highest BCUT2D eigenvalue weighted by molar-refractivity contribution is 6.33. The molecule has 1 aliphatic rings. The van der Waals surface area contributed by atoms with Crippen LogP contribution in [0.15, 0.2) is 18.5 Å². The lowest BCUT2D eigenvalue weighted by molar-refractivity contribution is -0.148. The molecule has 0 bridgehead atoms. The zero-order valence-electron chi connectivity index (χ0n) is 11.5.